The van der Waals surface area contributed by atoms with Crippen molar-refractivity contribution in [1.29, 1.82) is 0 Å². The Morgan fingerprint density at radius 3 is 2.29 bits per heavy atom. The maximum Gasteiger partial charge on any atom is 0.323 e. The molecule has 8 heteroatoms. The summed E-state index contributed by atoms with van der Waals surface area (Å²) in [5.41, 5.74) is 0.827. The summed E-state index contributed by atoms with van der Waals surface area (Å²) in [7, 11) is -3.68. The maximum atomic E-state index is 12.9. The quantitative estimate of drug-likeness (QED) is 0.859. The van der Waals surface area contributed by atoms with Crippen molar-refractivity contribution in [2.24, 2.45) is 5.92 Å². The molecule has 0 bridgehead atoms. The normalized spacial score (nSPS) is 18.8. The summed E-state index contributed by atoms with van der Waals surface area (Å²) in [6.45, 7) is 2.92. The van der Waals surface area contributed by atoms with Crippen molar-refractivity contribution >= 4 is 27.6 Å². The fourth-order valence-electron chi connectivity index (χ4n) is 2.68. The van der Waals surface area contributed by atoms with E-state index in [1.165, 1.54) is 6.20 Å². The van der Waals surface area contributed by atoms with Crippen LogP contribution >= 0.6 is 0 Å². The van der Waals surface area contributed by atoms with Gasteiger partial charge in [-0.3, -0.25) is 18.8 Å². The molecular formula is C16H20N2O5S. The van der Waals surface area contributed by atoms with Gasteiger partial charge in [0.05, 0.1) is 12.0 Å². The molecule has 0 aliphatic carbocycles. The third-order valence-corrected chi connectivity index (χ3v) is 4.81. The zero-order valence-electron chi connectivity index (χ0n) is 13.7. The van der Waals surface area contributed by atoms with E-state index in [9.17, 15) is 18.0 Å². The topological polar surface area (TPSA) is 95.0 Å². The summed E-state index contributed by atoms with van der Waals surface area (Å²) in [6.07, 6.45) is 2.38. The number of benzene rings is 1. The van der Waals surface area contributed by atoms with Gasteiger partial charge in [-0.1, -0.05) is 44.2 Å². The number of carbonyl (C=O) groups is 2. The molecule has 0 unspecified atom stereocenters. The van der Waals surface area contributed by atoms with E-state index < -0.39 is 34.5 Å². The Bertz CT molecular complexity index is 771. The lowest BCUT2D eigenvalue weighted by molar-refractivity contribution is -0.144. The molecule has 1 heterocycles. The molecule has 1 aromatic rings. The third-order valence-electron chi connectivity index (χ3n) is 3.71. The van der Waals surface area contributed by atoms with Gasteiger partial charge in [0.25, 0.3) is 5.91 Å². The Labute approximate surface area is 141 Å². The highest BCUT2D eigenvalue weighted by molar-refractivity contribution is 7.88. The number of carbonyl (C=O) groups excluding carboxylic acids is 1. The summed E-state index contributed by atoms with van der Waals surface area (Å²) in [5, 5.41) is 9.15. The van der Waals surface area contributed by atoms with E-state index >= 15 is 0 Å². The summed E-state index contributed by atoms with van der Waals surface area (Å²) in [6, 6.07) is 7.68. The van der Waals surface area contributed by atoms with E-state index in [1.807, 2.05) is 0 Å². The van der Waals surface area contributed by atoms with E-state index in [-0.39, 0.29) is 11.6 Å². The van der Waals surface area contributed by atoms with Crippen LogP contribution in [0.25, 0.3) is 5.70 Å². The second-order valence-corrected chi connectivity index (χ2v) is 7.87. The molecule has 0 saturated heterocycles. The predicted octanol–water partition coefficient (Wildman–Crippen LogP) is 1.20. The van der Waals surface area contributed by atoms with E-state index in [0.717, 1.165) is 15.5 Å². The van der Waals surface area contributed by atoms with Gasteiger partial charge in [-0.2, -0.15) is 0 Å². The van der Waals surface area contributed by atoms with Gasteiger partial charge in [-0.05, 0) is 11.5 Å². The molecule has 1 aliphatic rings. The first kappa shape index (κ1) is 18.0. The number of nitrogens with zero attached hydrogens (tertiary/aromatic N) is 2. The lowest BCUT2D eigenvalue weighted by atomic mass is 9.99. The first-order chi connectivity index (χ1) is 11.1. The highest BCUT2D eigenvalue weighted by Crippen LogP contribution is 2.31. The van der Waals surface area contributed by atoms with Crippen molar-refractivity contribution < 1.29 is 23.1 Å². The molecule has 0 aromatic heterocycles. The van der Waals surface area contributed by atoms with Crippen molar-refractivity contribution in [3.63, 3.8) is 0 Å². The minimum Gasteiger partial charge on any atom is -0.480 e. The van der Waals surface area contributed by atoms with Crippen molar-refractivity contribution in [3.05, 3.63) is 42.1 Å². The summed E-state index contributed by atoms with van der Waals surface area (Å²) < 4.78 is 25.3. The van der Waals surface area contributed by atoms with Crippen LogP contribution in [0.2, 0.25) is 0 Å². The monoisotopic (exact) mass is 352 g/mol. The minimum absolute atomic E-state index is 0.255. The van der Waals surface area contributed by atoms with Gasteiger partial charge in [0.15, 0.2) is 0 Å². The number of aliphatic carboxylic acids is 1. The van der Waals surface area contributed by atoms with Gasteiger partial charge in [-0.25, -0.2) is 8.42 Å². The number of sulfonamides is 1. The molecule has 1 aromatic carbocycles. The van der Waals surface area contributed by atoms with Gasteiger partial charge < -0.3 is 5.11 Å². The highest BCUT2D eigenvalue weighted by Gasteiger charge is 2.41. The van der Waals surface area contributed by atoms with E-state index in [1.54, 1.807) is 44.2 Å². The van der Waals surface area contributed by atoms with Crippen LogP contribution in [-0.2, 0) is 19.6 Å². The number of hydrogen-bond acceptors (Lipinski definition) is 4. The maximum absolute atomic E-state index is 12.9. The molecule has 1 atom stereocenters. The van der Waals surface area contributed by atoms with Gasteiger partial charge in [0.1, 0.15) is 12.6 Å². The van der Waals surface area contributed by atoms with Crippen LogP contribution in [0.5, 0.6) is 0 Å². The van der Waals surface area contributed by atoms with Crippen LogP contribution in [0.1, 0.15) is 19.4 Å². The van der Waals surface area contributed by atoms with Crippen molar-refractivity contribution in [2.75, 3.05) is 12.8 Å². The summed E-state index contributed by atoms with van der Waals surface area (Å²) >= 11 is 0. The van der Waals surface area contributed by atoms with Gasteiger partial charge in [-0.15, -0.1) is 0 Å². The van der Waals surface area contributed by atoms with Crippen molar-refractivity contribution in [1.82, 2.24) is 9.21 Å². The van der Waals surface area contributed by atoms with Gasteiger partial charge in [0.2, 0.25) is 10.0 Å². The molecule has 0 saturated carbocycles. The average molecular weight is 352 g/mol. The van der Waals surface area contributed by atoms with Crippen molar-refractivity contribution in [3.8, 4) is 0 Å². The zero-order chi connectivity index (χ0) is 18.1. The second-order valence-electron chi connectivity index (χ2n) is 5.98. The Hall–Kier alpha value is -2.35. The van der Waals surface area contributed by atoms with Crippen LogP contribution in [0, 0.1) is 5.92 Å². The Balaban J connectivity index is 2.66. The molecule has 0 spiro atoms. The molecule has 0 fully saturated rings. The molecule has 130 valence electrons. The third kappa shape index (κ3) is 3.59. The van der Waals surface area contributed by atoms with Crippen LogP contribution in [0.15, 0.2) is 36.5 Å². The van der Waals surface area contributed by atoms with Gasteiger partial charge in [0, 0.05) is 6.20 Å². The smallest absolute Gasteiger partial charge is 0.323 e. The van der Waals surface area contributed by atoms with Crippen molar-refractivity contribution in [2.45, 2.75) is 19.9 Å². The molecule has 7 nitrogen and oxygen atoms in total. The number of rotatable bonds is 5. The first-order valence-electron chi connectivity index (χ1n) is 7.42. The molecule has 0 radical (unpaired) electrons. The SMILES string of the molecule is CC(C)[C@H]1C(=O)N(CC(=O)O)C(c2ccccc2)=CN1S(C)(=O)=O. The predicted molar refractivity (Wildman–Crippen MR) is 89.1 cm³/mol. The number of amides is 1. The average Bonchev–Trinajstić information content (AvgIpc) is 2.47. The van der Waals surface area contributed by atoms with Crippen LogP contribution in [0.4, 0.5) is 0 Å². The van der Waals surface area contributed by atoms with E-state index in [4.69, 9.17) is 5.11 Å². The minimum atomic E-state index is -3.68. The molecule has 2 rings (SSSR count). The molecule has 24 heavy (non-hydrogen) atoms. The fourth-order valence-corrected chi connectivity index (χ4v) is 3.71. The first-order valence-corrected chi connectivity index (χ1v) is 9.26. The lowest BCUT2D eigenvalue weighted by Gasteiger charge is -2.40. The van der Waals surface area contributed by atoms with Crippen LogP contribution in [0.3, 0.4) is 0 Å². The van der Waals surface area contributed by atoms with Crippen LogP contribution in [-0.4, -0.2) is 53.4 Å². The highest BCUT2D eigenvalue weighted by atomic mass is 32.2. The standard InChI is InChI=1S/C16H20N2O5S/c1-11(2)15-16(21)17(10-14(19)20)13(9-18(15)24(3,22)23)12-7-5-4-6-8-12/h4-9,11,15H,10H2,1-3H3,(H,19,20)/t15-/m0/s1. The van der Waals surface area contributed by atoms with Crippen LogP contribution < -0.4 is 0 Å². The second kappa shape index (κ2) is 6.64. The lowest BCUT2D eigenvalue weighted by Crippen LogP contribution is -2.55. The number of carboxylic acids is 1. The molecule has 1 amide bonds. The summed E-state index contributed by atoms with van der Waals surface area (Å²) in [5.74, 6) is -2.02. The van der Waals surface area contributed by atoms with Gasteiger partial charge >= 0.3 is 5.97 Å². The molecular weight excluding hydrogens is 332 g/mol. The largest absolute Gasteiger partial charge is 0.480 e. The summed E-state index contributed by atoms with van der Waals surface area (Å²) in [4.78, 5) is 25.2. The number of hydrogen-bond donors (Lipinski definition) is 1. The number of carboxylic acid groups (broad SMARTS) is 1. The molecule has 1 N–H and O–H groups in total. The molecule has 1 aliphatic heterocycles. The Morgan fingerprint density at radius 1 is 1.25 bits per heavy atom. The Kier molecular flexibility index (Phi) is 4.98. The zero-order valence-corrected chi connectivity index (χ0v) is 14.5. The van der Waals surface area contributed by atoms with E-state index in [0.29, 0.717) is 5.56 Å². The van der Waals surface area contributed by atoms with E-state index in [2.05, 4.69) is 0 Å². The Morgan fingerprint density at radius 2 is 1.83 bits per heavy atom. The fraction of sp³-hybridized carbons (Fsp3) is 0.375.